The molecule has 3 amide bonds. The summed E-state index contributed by atoms with van der Waals surface area (Å²) in [5.74, 6) is -1.73. The number of nitrogens with zero attached hydrogens (tertiary/aromatic N) is 1. The lowest BCUT2D eigenvalue weighted by molar-refractivity contribution is -0.136. The van der Waals surface area contributed by atoms with Crippen LogP contribution in [0.25, 0.3) is 0 Å². The van der Waals surface area contributed by atoms with E-state index in [4.69, 9.17) is 0 Å². The molecule has 0 radical (unpaired) electrons. The monoisotopic (exact) mass is 375 g/mol. The number of piperidine rings is 1. The number of carbonyl (C=O) groups is 4. The second-order valence-corrected chi connectivity index (χ2v) is 6.83. The molecular weight excluding hydrogens is 353 g/mol. The van der Waals surface area contributed by atoms with Gasteiger partial charge in [0.1, 0.15) is 18.1 Å². The molecule has 27 heavy (non-hydrogen) atoms. The molecule has 7 nitrogen and oxygen atoms in total. The van der Waals surface area contributed by atoms with Crippen molar-refractivity contribution in [3.63, 3.8) is 0 Å². The Hall–Kier alpha value is -2.77. The highest BCUT2D eigenvalue weighted by molar-refractivity contribution is 6.05. The first-order chi connectivity index (χ1) is 13.0. The van der Waals surface area contributed by atoms with E-state index in [0.29, 0.717) is 24.2 Å². The summed E-state index contributed by atoms with van der Waals surface area (Å²) in [7, 11) is 0. The van der Waals surface area contributed by atoms with Crippen molar-refractivity contribution < 1.29 is 23.6 Å². The zero-order valence-electron chi connectivity index (χ0n) is 14.9. The second kappa shape index (κ2) is 8.28. The molecule has 2 heterocycles. The van der Waals surface area contributed by atoms with E-state index in [-0.39, 0.29) is 36.8 Å². The van der Waals surface area contributed by atoms with Crippen molar-refractivity contribution in [2.45, 2.75) is 51.1 Å². The average Bonchev–Trinajstić information content (AvgIpc) is 2.94. The number of rotatable bonds is 8. The Kier molecular flexibility index (Phi) is 5.83. The van der Waals surface area contributed by atoms with Crippen molar-refractivity contribution >= 4 is 29.7 Å². The minimum atomic E-state index is -0.708. The molecule has 1 fully saturated rings. The molecule has 2 aliphatic rings. The van der Waals surface area contributed by atoms with Crippen molar-refractivity contribution in [2.24, 2.45) is 0 Å². The van der Waals surface area contributed by atoms with Crippen LogP contribution in [0.1, 0.15) is 54.4 Å². The second-order valence-electron chi connectivity index (χ2n) is 6.83. The zero-order valence-corrected chi connectivity index (χ0v) is 14.9. The molecular formula is C19H22FN3O4. The fourth-order valence-corrected chi connectivity index (χ4v) is 3.48. The van der Waals surface area contributed by atoms with Crippen LogP contribution >= 0.6 is 0 Å². The number of halogens is 1. The van der Waals surface area contributed by atoms with E-state index in [2.05, 4.69) is 10.6 Å². The van der Waals surface area contributed by atoms with Gasteiger partial charge in [-0.15, -0.1) is 0 Å². The number of imide groups is 1. The van der Waals surface area contributed by atoms with E-state index >= 15 is 0 Å². The van der Waals surface area contributed by atoms with Crippen LogP contribution < -0.4 is 10.6 Å². The average molecular weight is 375 g/mol. The molecule has 1 aromatic rings. The van der Waals surface area contributed by atoms with Crippen LogP contribution in [0.15, 0.2) is 12.1 Å². The van der Waals surface area contributed by atoms with E-state index < -0.39 is 17.8 Å². The van der Waals surface area contributed by atoms with Crippen LogP contribution in [0.4, 0.5) is 10.1 Å². The van der Waals surface area contributed by atoms with Crippen LogP contribution in [-0.4, -0.2) is 41.5 Å². The van der Waals surface area contributed by atoms with Gasteiger partial charge in [0.2, 0.25) is 11.8 Å². The van der Waals surface area contributed by atoms with Gasteiger partial charge in [-0.25, -0.2) is 4.39 Å². The molecule has 2 aliphatic heterocycles. The maximum atomic E-state index is 14.3. The summed E-state index contributed by atoms with van der Waals surface area (Å²) in [6.07, 6.45) is 4.38. The third-order valence-corrected chi connectivity index (χ3v) is 4.93. The van der Waals surface area contributed by atoms with Gasteiger partial charge < -0.3 is 15.0 Å². The van der Waals surface area contributed by atoms with Crippen molar-refractivity contribution in [1.29, 1.82) is 0 Å². The van der Waals surface area contributed by atoms with Gasteiger partial charge in [-0.1, -0.05) is 6.42 Å². The lowest BCUT2D eigenvalue weighted by Gasteiger charge is -2.29. The molecule has 144 valence electrons. The van der Waals surface area contributed by atoms with Gasteiger partial charge in [-0.05, 0) is 37.0 Å². The predicted molar refractivity (Wildman–Crippen MR) is 95.5 cm³/mol. The highest BCUT2D eigenvalue weighted by Gasteiger charge is 2.39. The van der Waals surface area contributed by atoms with E-state index in [1.54, 1.807) is 6.07 Å². The minimum Gasteiger partial charge on any atom is -0.383 e. The van der Waals surface area contributed by atoms with Crippen molar-refractivity contribution in [3.8, 4) is 0 Å². The predicted octanol–water partition coefficient (Wildman–Crippen LogP) is 1.76. The van der Waals surface area contributed by atoms with E-state index in [1.807, 2.05) is 0 Å². The number of hydrogen-bond donors (Lipinski definition) is 2. The normalized spacial score (nSPS) is 19.1. The number of amides is 3. The van der Waals surface area contributed by atoms with Crippen molar-refractivity contribution in [3.05, 3.63) is 29.1 Å². The zero-order chi connectivity index (χ0) is 19.4. The quantitative estimate of drug-likeness (QED) is 0.410. The van der Waals surface area contributed by atoms with Crippen molar-refractivity contribution in [2.75, 3.05) is 11.9 Å². The molecule has 1 aromatic carbocycles. The Balaban J connectivity index is 1.65. The third-order valence-electron chi connectivity index (χ3n) is 4.93. The van der Waals surface area contributed by atoms with Crippen LogP contribution in [0.3, 0.4) is 0 Å². The first-order valence-corrected chi connectivity index (χ1v) is 9.16. The topological polar surface area (TPSA) is 95.6 Å². The highest BCUT2D eigenvalue weighted by Crippen LogP contribution is 2.31. The number of nitrogens with one attached hydrogen (secondary N) is 2. The maximum absolute atomic E-state index is 14.3. The number of aldehydes is 1. The summed E-state index contributed by atoms with van der Waals surface area (Å²) in [6.45, 7) is 0.786. The molecule has 1 atom stereocenters. The van der Waals surface area contributed by atoms with Gasteiger partial charge in [0.15, 0.2) is 0 Å². The smallest absolute Gasteiger partial charge is 0.255 e. The largest absolute Gasteiger partial charge is 0.383 e. The Morgan fingerprint density at radius 1 is 1.22 bits per heavy atom. The Bertz CT molecular complexity index is 780. The van der Waals surface area contributed by atoms with E-state index in [1.165, 1.54) is 11.0 Å². The summed E-state index contributed by atoms with van der Waals surface area (Å²) in [5.41, 5.74) is 1.24. The van der Waals surface area contributed by atoms with Gasteiger partial charge in [-0.3, -0.25) is 19.7 Å². The summed E-state index contributed by atoms with van der Waals surface area (Å²) in [6, 6.07) is 2.11. The van der Waals surface area contributed by atoms with Gasteiger partial charge in [0.25, 0.3) is 5.91 Å². The number of fused-ring (bicyclic) bond motifs is 1. The minimum absolute atomic E-state index is 0.182. The standard InChI is InChI=1S/C19H22FN3O4/c20-14-10-13-12(9-15(14)21-7-3-1-2-4-8-24)11-23(19(13)27)16-5-6-17(25)22-18(16)26/h8-10,16,21H,1-7,11H2,(H,22,25,26). The third kappa shape index (κ3) is 4.15. The first-order valence-electron chi connectivity index (χ1n) is 9.16. The van der Waals surface area contributed by atoms with Gasteiger partial charge in [-0.2, -0.15) is 0 Å². The lowest BCUT2D eigenvalue weighted by Crippen LogP contribution is -2.52. The molecule has 1 saturated heterocycles. The molecule has 0 saturated carbocycles. The van der Waals surface area contributed by atoms with Gasteiger partial charge in [0.05, 0.1) is 5.69 Å². The molecule has 0 aromatic heterocycles. The Morgan fingerprint density at radius 3 is 2.78 bits per heavy atom. The lowest BCUT2D eigenvalue weighted by atomic mass is 10.0. The molecule has 0 spiro atoms. The number of anilines is 1. The molecule has 2 N–H and O–H groups in total. The number of benzene rings is 1. The summed E-state index contributed by atoms with van der Waals surface area (Å²) in [5, 5.41) is 5.27. The van der Waals surface area contributed by atoms with Crippen LogP contribution in [-0.2, 0) is 20.9 Å². The Morgan fingerprint density at radius 2 is 2.04 bits per heavy atom. The fraction of sp³-hybridized carbons (Fsp3) is 0.474. The van der Waals surface area contributed by atoms with Crippen LogP contribution in [0, 0.1) is 5.82 Å². The molecule has 1 unspecified atom stereocenters. The molecule has 0 aliphatic carbocycles. The first kappa shape index (κ1) is 19.0. The highest BCUT2D eigenvalue weighted by atomic mass is 19.1. The number of carbonyl (C=O) groups excluding carboxylic acids is 4. The number of hydrogen-bond acceptors (Lipinski definition) is 5. The summed E-state index contributed by atoms with van der Waals surface area (Å²) in [4.78, 5) is 47.6. The molecule has 3 rings (SSSR count). The molecule has 8 heteroatoms. The number of unbranched alkanes of at least 4 members (excludes halogenated alkanes) is 3. The van der Waals surface area contributed by atoms with E-state index in [9.17, 15) is 23.6 Å². The van der Waals surface area contributed by atoms with Crippen LogP contribution in [0.5, 0.6) is 0 Å². The Labute approximate surface area is 156 Å². The van der Waals surface area contributed by atoms with Gasteiger partial charge in [0, 0.05) is 31.5 Å². The summed E-state index contributed by atoms with van der Waals surface area (Å²) < 4.78 is 14.3. The molecule has 0 bridgehead atoms. The van der Waals surface area contributed by atoms with Gasteiger partial charge >= 0.3 is 0 Å². The maximum Gasteiger partial charge on any atom is 0.255 e. The fourth-order valence-electron chi connectivity index (χ4n) is 3.48. The summed E-state index contributed by atoms with van der Waals surface area (Å²) >= 11 is 0. The van der Waals surface area contributed by atoms with E-state index in [0.717, 1.165) is 25.5 Å². The van der Waals surface area contributed by atoms with Crippen LogP contribution in [0.2, 0.25) is 0 Å². The SMILES string of the molecule is O=CCCCCCNc1cc2c(cc1F)C(=O)N(C1CCC(=O)NC1=O)C2. The van der Waals surface area contributed by atoms with Crippen molar-refractivity contribution in [1.82, 2.24) is 10.2 Å².